The average molecular weight is 315 g/mol. The summed E-state index contributed by atoms with van der Waals surface area (Å²) in [5.41, 5.74) is -0.0689. The third-order valence-electron chi connectivity index (χ3n) is 3.54. The van der Waals surface area contributed by atoms with Crippen molar-refractivity contribution in [1.29, 1.82) is 0 Å². The molecule has 0 heterocycles. The van der Waals surface area contributed by atoms with Gasteiger partial charge in [-0.1, -0.05) is 12.1 Å². The van der Waals surface area contributed by atoms with Crippen LogP contribution in [0.3, 0.4) is 0 Å². The average Bonchev–Trinajstić information content (AvgIpc) is 2.56. The van der Waals surface area contributed by atoms with Crippen LogP contribution in [-0.2, 0) is 11.2 Å². The zero-order chi connectivity index (χ0) is 16.9. The van der Waals surface area contributed by atoms with Crippen LogP contribution in [0.15, 0.2) is 48.5 Å². The molecule has 0 aliphatic carbocycles. The molecule has 5 nitrogen and oxygen atoms in total. The fourth-order valence-corrected chi connectivity index (χ4v) is 2.16. The Bertz CT molecular complexity index is 648. The first-order valence-electron chi connectivity index (χ1n) is 7.25. The Morgan fingerprint density at radius 2 is 1.48 bits per heavy atom. The molecular formula is C18H21NO4. The molecule has 122 valence electrons. The number of benzene rings is 2. The Hall–Kier alpha value is -2.53. The molecule has 0 aliphatic rings. The van der Waals surface area contributed by atoms with Gasteiger partial charge in [-0.15, -0.1) is 0 Å². The Balaban J connectivity index is 2.03. The van der Waals surface area contributed by atoms with Crippen molar-refractivity contribution in [3.05, 3.63) is 54.1 Å². The summed E-state index contributed by atoms with van der Waals surface area (Å²) in [4.78, 5) is 12.3. The molecular weight excluding hydrogens is 294 g/mol. The third kappa shape index (κ3) is 4.47. The quantitative estimate of drug-likeness (QED) is 0.860. The van der Waals surface area contributed by atoms with E-state index < -0.39 is 11.5 Å². The molecule has 0 aromatic heterocycles. The molecule has 1 atom stereocenters. The number of rotatable bonds is 6. The van der Waals surface area contributed by atoms with Gasteiger partial charge in [-0.05, 0) is 48.9 Å². The maximum Gasteiger partial charge on any atom is 0.256 e. The number of carbonyl (C=O) groups is 1. The van der Waals surface area contributed by atoms with Crippen molar-refractivity contribution in [2.24, 2.45) is 0 Å². The van der Waals surface area contributed by atoms with E-state index in [1.807, 2.05) is 12.1 Å². The van der Waals surface area contributed by atoms with Crippen molar-refractivity contribution in [1.82, 2.24) is 0 Å². The van der Waals surface area contributed by atoms with Crippen LogP contribution in [0.1, 0.15) is 12.5 Å². The van der Waals surface area contributed by atoms with Crippen molar-refractivity contribution < 1.29 is 19.4 Å². The second-order valence-corrected chi connectivity index (χ2v) is 5.48. The second-order valence-electron chi connectivity index (χ2n) is 5.48. The van der Waals surface area contributed by atoms with Gasteiger partial charge in [0, 0.05) is 12.1 Å². The van der Waals surface area contributed by atoms with Gasteiger partial charge in [0.05, 0.1) is 14.2 Å². The molecule has 1 amide bonds. The van der Waals surface area contributed by atoms with Gasteiger partial charge >= 0.3 is 0 Å². The molecule has 0 saturated carbocycles. The van der Waals surface area contributed by atoms with Crippen LogP contribution in [0.2, 0.25) is 0 Å². The summed E-state index contributed by atoms with van der Waals surface area (Å²) in [6, 6.07) is 14.2. The van der Waals surface area contributed by atoms with Gasteiger partial charge in [0.2, 0.25) is 0 Å². The molecule has 23 heavy (non-hydrogen) atoms. The topological polar surface area (TPSA) is 67.8 Å². The fourth-order valence-electron chi connectivity index (χ4n) is 2.16. The van der Waals surface area contributed by atoms with Gasteiger partial charge in [0.1, 0.15) is 17.1 Å². The third-order valence-corrected chi connectivity index (χ3v) is 3.54. The SMILES string of the molecule is COc1ccc(C[C@](C)(O)C(=O)Nc2ccc(OC)cc2)cc1. The number of anilines is 1. The van der Waals surface area contributed by atoms with Gasteiger partial charge in [-0.3, -0.25) is 4.79 Å². The lowest BCUT2D eigenvalue weighted by molar-refractivity contribution is -0.132. The summed E-state index contributed by atoms with van der Waals surface area (Å²) >= 11 is 0. The van der Waals surface area contributed by atoms with Crippen LogP contribution in [0.25, 0.3) is 0 Å². The number of ether oxygens (including phenoxy) is 2. The largest absolute Gasteiger partial charge is 0.497 e. The Labute approximate surface area is 135 Å². The van der Waals surface area contributed by atoms with E-state index in [1.54, 1.807) is 50.6 Å². The van der Waals surface area contributed by atoms with E-state index >= 15 is 0 Å². The van der Waals surface area contributed by atoms with Crippen LogP contribution in [0.5, 0.6) is 11.5 Å². The number of nitrogens with one attached hydrogen (secondary N) is 1. The minimum absolute atomic E-state index is 0.207. The number of hydrogen-bond donors (Lipinski definition) is 2. The first kappa shape index (κ1) is 16.8. The highest BCUT2D eigenvalue weighted by atomic mass is 16.5. The summed E-state index contributed by atoms with van der Waals surface area (Å²) in [6.45, 7) is 1.50. The van der Waals surface area contributed by atoms with E-state index in [9.17, 15) is 9.90 Å². The zero-order valence-electron chi connectivity index (χ0n) is 13.5. The van der Waals surface area contributed by atoms with Crippen molar-refractivity contribution in [2.75, 3.05) is 19.5 Å². The van der Waals surface area contributed by atoms with Gasteiger partial charge in [0.15, 0.2) is 0 Å². The predicted molar refractivity (Wildman–Crippen MR) is 88.9 cm³/mol. The van der Waals surface area contributed by atoms with Gasteiger partial charge in [-0.2, -0.15) is 0 Å². The van der Waals surface area contributed by atoms with Crippen LogP contribution < -0.4 is 14.8 Å². The van der Waals surface area contributed by atoms with Gasteiger partial charge in [0.25, 0.3) is 5.91 Å². The number of methoxy groups -OCH3 is 2. The first-order valence-corrected chi connectivity index (χ1v) is 7.25. The normalized spacial score (nSPS) is 13.0. The lowest BCUT2D eigenvalue weighted by Crippen LogP contribution is -2.42. The number of aliphatic hydroxyl groups is 1. The maximum absolute atomic E-state index is 12.3. The van der Waals surface area contributed by atoms with E-state index in [0.29, 0.717) is 11.4 Å². The van der Waals surface area contributed by atoms with Crippen LogP contribution >= 0.6 is 0 Å². The highest BCUT2D eigenvalue weighted by Gasteiger charge is 2.30. The minimum Gasteiger partial charge on any atom is -0.497 e. The maximum atomic E-state index is 12.3. The van der Waals surface area contributed by atoms with Crippen molar-refractivity contribution in [3.63, 3.8) is 0 Å². The lowest BCUT2D eigenvalue weighted by atomic mass is 9.95. The van der Waals surface area contributed by atoms with Crippen molar-refractivity contribution in [2.45, 2.75) is 18.9 Å². The van der Waals surface area contributed by atoms with E-state index in [0.717, 1.165) is 11.3 Å². The molecule has 2 aromatic carbocycles. The minimum atomic E-state index is -1.52. The molecule has 2 rings (SSSR count). The molecule has 0 radical (unpaired) electrons. The number of amides is 1. The molecule has 0 saturated heterocycles. The van der Waals surface area contributed by atoms with Crippen LogP contribution in [0, 0.1) is 0 Å². The number of hydrogen-bond acceptors (Lipinski definition) is 4. The molecule has 0 fully saturated rings. The van der Waals surface area contributed by atoms with E-state index in [4.69, 9.17) is 9.47 Å². The highest BCUT2D eigenvalue weighted by molar-refractivity contribution is 5.97. The molecule has 0 aliphatic heterocycles. The molecule has 0 bridgehead atoms. The Morgan fingerprint density at radius 1 is 1.00 bits per heavy atom. The standard InChI is InChI=1S/C18H21NO4/c1-18(21,12-13-4-8-15(22-2)9-5-13)17(20)19-14-6-10-16(23-3)11-7-14/h4-11,21H,12H2,1-3H3,(H,19,20)/t18-/m0/s1. The summed E-state index contributed by atoms with van der Waals surface area (Å²) in [5, 5.41) is 13.2. The van der Waals surface area contributed by atoms with Gasteiger partial charge < -0.3 is 19.9 Å². The second kappa shape index (κ2) is 7.15. The van der Waals surface area contributed by atoms with E-state index in [1.165, 1.54) is 6.92 Å². The zero-order valence-corrected chi connectivity index (χ0v) is 13.5. The molecule has 2 N–H and O–H groups in total. The lowest BCUT2D eigenvalue weighted by Gasteiger charge is -2.22. The predicted octanol–water partition coefficient (Wildman–Crippen LogP) is 2.64. The molecule has 0 unspecified atom stereocenters. The summed E-state index contributed by atoms with van der Waals surface area (Å²) < 4.78 is 10.2. The monoisotopic (exact) mass is 315 g/mol. The van der Waals surface area contributed by atoms with Crippen LogP contribution in [0.4, 0.5) is 5.69 Å². The first-order chi connectivity index (χ1) is 10.9. The molecule has 0 spiro atoms. The number of carbonyl (C=O) groups excluding carboxylic acids is 1. The van der Waals surface area contributed by atoms with Crippen LogP contribution in [-0.4, -0.2) is 30.8 Å². The fraction of sp³-hybridized carbons (Fsp3) is 0.278. The van der Waals surface area contributed by atoms with E-state index in [-0.39, 0.29) is 6.42 Å². The summed E-state index contributed by atoms with van der Waals surface area (Å²) in [6.07, 6.45) is 0.207. The Morgan fingerprint density at radius 3 is 1.96 bits per heavy atom. The summed E-state index contributed by atoms with van der Waals surface area (Å²) in [7, 11) is 3.17. The smallest absolute Gasteiger partial charge is 0.256 e. The van der Waals surface area contributed by atoms with Gasteiger partial charge in [-0.25, -0.2) is 0 Å². The van der Waals surface area contributed by atoms with E-state index in [2.05, 4.69) is 5.32 Å². The van der Waals surface area contributed by atoms with Crippen molar-refractivity contribution >= 4 is 11.6 Å². The van der Waals surface area contributed by atoms with Crippen molar-refractivity contribution in [3.8, 4) is 11.5 Å². The Kier molecular flexibility index (Phi) is 5.24. The highest BCUT2D eigenvalue weighted by Crippen LogP contribution is 2.20. The summed E-state index contributed by atoms with van der Waals surface area (Å²) in [5.74, 6) is 0.975. The molecule has 5 heteroatoms. The molecule has 2 aromatic rings.